The van der Waals surface area contributed by atoms with Gasteiger partial charge in [0, 0.05) is 26.3 Å². The molecule has 0 saturated heterocycles. The summed E-state index contributed by atoms with van der Waals surface area (Å²) in [5, 5.41) is 2.66. The van der Waals surface area contributed by atoms with Gasteiger partial charge in [0.05, 0.1) is 26.2 Å². The van der Waals surface area contributed by atoms with Crippen molar-refractivity contribution in [2.24, 2.45) is 0 Å². The van der Waals surface area contributed by atoms with E-state index < -0.39 is 15.9 Å². The van der Waals surface area contributed by atoms with E-state index in [4.69, 9.17) is 14.2 Å². The van der Waals surface area contributed by atoms with Gasteiger partial charge in [0.1, 0.15) is 18.0 Å². The molecule has 0 saturated carbocycles. The summed E-state index contributed by atoms with van der Waals surface area (Å²) in [6, 6.07) is 4.70. The molecule has 0 radical (unpaired) electrons. The highest BCUT2D eigenvalue weighted by atomic mass is 32.2. The molecule has 1 amide bonds. The third kappa shape index (κ3) is 5.89. The van der Waals surface area contributed by atoms with Gasteiger partial charge in [-0.05, 0) is 18.6 Å². The van der Waals surface area contributed by atoms with Crippen LogP contribution in [-0.2, 0) is 19.6 Å². The molecule has 0 aromatic heterocycles. The average molecular weight is 360 g/mol. The molecule has 136 valence electrons. The predicted octanol–water partition coefficient (Wildman–Crippen LogP) is 0.622. The van der Waals surface area contributed by atoms with Crippen LogP contribution in [0.25, 0.3) is 0 Å². The van der Waals surface area contributed by atoms with Crippen molar-refractivity contribution in [1.29, 1.82) is 0 Å². The zero-order valence-electron chi connectivity index (χ0n) is 14.4. The van der Waals surface area contributed by atoms with E-state index >= 15 is 0 Å². The summed E-state index contributed by atoms with van der Waals surface area (Å²) >= 11 is 0. The van der Waals surface area contributed by atoms with Crippen LogP contribution in [0.1, 0.15) is 6.42 Å². The fourth-order valence-electron chi connectivity index (χ4n) is 2.00. The lowest BCUT2D eigenvalue weighted by Crippen LogP contribution is -2.41. The molecule has 0 unspecified atom stereocenters. The highest BCUT2D eigenvalue weighted by Crippen LogP contribution is 2.33. The summed E-state index contributed by atoms with van der Waals surface area (Å²) in [5.74, 6) is 0.412. The Bertz CT molecular complexity index is 647. The zero-order chi connectivity index (χ0) is 18.2. The molecule has 1 aromatic rings. The number of anilines is 1. The zero-order valence-corrected chi connectivity index (χ0v) is 15.2. The maximum Gasteiger partial charge on any atom is 0.240 e. The quantitative estimate of drug-likeness (QED) is 0.615. The summed E-state index contributed by atoms with van der Waals surface area (Å²) in [6.07, 6.45) is 1.68. The van der Waals surface area contributed by atoms with Crippen molar-refractivity contribution in [2.75, 3.05) is 51.6 Å². The van der Waals surface area contributed by atoms with Gasteiger partial charge in [-0.2, -0.15) is 0 Å². The Morgan fingerprint density at radius 2 is 1.92 bits per heavy atom. The Balaban J connectivity index is 2.97. The summed E-state index contributed by atoms with van der Waals surface area (Å²) in [4.78, 5) is 12.0. The number of sulfonamides is 1. The fraction of sp³-hybridized carbons (Fsp3) is 0.533. The molecule has 0 fully saturated rings. The van der Waals surface area contributed by atoms with E-state index in [1.165, 1.54) is 20.3 Å². The summed E-state index contributed by atoms with van der Waals surface area (Å²) in [6.45, 7) is 0.584. The number of amides is 1. The number of hydrogen-bond acceptors (Lipinski definition) is 6. The summed E-state index contributed by atoms with van der Waals surface area (Å²) < 4.78 is 40.4. The second-order valence-electron chi connectivity index (χ2n) is 5.00. The number of carbonyl (C=O) groups is 1. The molecular weight excluding hydrogens is 336 g/mol. The molecule has 1 aromatic carbocycles. The van der Waals surface area contributed by atoms with Crippen molar-refractivity contribution in [3.63, 3.8) is 0 Å². The van der Waals surface area contributed by atoms with E-state index in [0.29, 0.717) is 31.1 Å². The first-order chi connectivity index (χ1) is 11.3. The van der Waals surface area contributed by atoms with Crippen molar-refractivity contribution < 1.29 is 27.4 Å². The van der Waals surface area contributed by atoms with Crippen LogP contribution < -0.4 is 19.1 Å². The monoisotopic (exact) mass is 360 g/mol. The van der Waals surface area contributed by atoms with Gasteiger partial charge in [-0.15, -0.1) is 0 Å². The van der Waals surface area contributed by atoms with Crippen molar-refractivity contribution in [3.8, 4) is 11.5 Å². The van der Waals surface area contributed by atoms with E-state index in [2.05, 4.69) is 5.32 Å². The molecule has 0 aliphatic carbocycles. The van der Waals surface area contributed by atoms with Crippen LogP contribution in [0.2, 0.25) is 0 Å². The Kier molecular flexibility index (Phi) is 7.80. The molecule has 1 rings (SSSR count). The number of rotatable bonds is 10. The van der Waals surface area contributed by atoms with Gasteiger partial charge >= 0.3 is 0 Å². The Morgan fingerprint density at radius 1 is 1.21 bits per heavy atom. The minimum Gasteiger partial charge on any atom is -0.497 e. The van der Waals surface area contributed by atoms with Crippen LogP contribution >= 0.6 is 0 Å². The second kappa shape index (κ2) is 9.33. The number of hydrogen-bond donors (Lipinski definition) is 1. The molecule has 0 bridgehead atoms. The molecule has 1 N–H and O–H groups in total. The molecule has 24 heavy (non-hydrogen) atoms. The maximum atomic E-state index is 12.1. The minimum absolute atomic E-state index is 0.271. The smallest absolute Gasteiger partial charge is 0.240 e. The van der Waals surface area contributed by atoms with Crippen LogP contribution in [0.3, 0.4) is 0 Å². The highest BCUT2D eigenvalue weighted by molar-refractivity contribution is 7.92. The third-order valence-electron chi connectivity index (χ3n) is 3.19. The van der Waals surface area contributed by atoms with Crippen LogP contribution in [0.15, 0.2) is 18.2 Å². The standard InChI is InChI=1S/C15H24N2O6S/c1-21-9-5-8-16-15(18)11-17(24(4,19)20)13-7-6-12(22-2)10-14(13)23-3/h6-7,10H,5,8-9,11H2,1-4H3,(H,16,18). The molecule has 0 spiro atoms. The highest BCUT2D eigenvalue weighted by Gasteiger charge is 2.24. The first-order valence-corrected chi connectivity index (χ1v) is 9.13. The Hall–Kier alpha value is -2.00. The normalized spacial score (nSPS) is 11.0. The van der Waals surface area contributed by atoms with Gasteiger partial charge in [-0.3, -0.25) is 9.10 Å². The van der Waals surface area contributed by atoms with Crippen LogP contribution in [0.4, 0.5) is 5.69 Å². The van der Waals surface area contributed by atoms with E-state index in [1.54, 1.807) is 19.2 Å². The maximum absolute atomic E-state index is 12.1. The summed E-state index contributed by atoms with van der Waals surface area (Å²) in [7, 11) is 0.816. The molecule has 0 aliphatic heterocycles. The topological polar surface area (TPSA) is 94.2 Å². The summed E-state index contributed by atoms with van der Waals surface area (Å²) in [5.41, 5.74) is 0.271. The van der Waals surface area contributed by atoms with Gasteiger partial charge in [0.2, 0.25) is 15.9 Å². The van der Waals surface area contributed by atoms with Crippen LogP contribution in [-0.4, -0.2) is 61.6 Å². The first kappa shape index (κ1) is 20.0. The fourth-order valence-corrected chi connectivity index (χ4v) is 2.86. The number of methoxy groups -OCH3 is 3. The van der Waals surface area contributed by atoms with E-state index in [-0.39, 0.29) is 12.2 Å². The van der Waals surface area contributed by atoms with Crippen LogP contribution in [0, 0.1) is 0 Å². The van der Waals surface area contributed by atoms with Gasteiger partial charge in [0.25, 0.3) is 0 Å². The Labute approximate surface area is 142 Å². The lowest BCUT2D eigenvalue weighted by Gasteiger charge is -2.24. The lowest BCUT2D eigenvalue weighted by molar-refractivity contribution is -0.119. The number of ether oxygens (including phenoxy) is 3. The number of nitrogens with one attached hydrogen (secondary N) is 1. The van der Waals surface area contributed by atoms with Gasteiger partial charge in [-0.25, -0.2) is 8.42 Å². The molecule has 0 aliphatic rings. The molecular formula is C15H24N2O6S. The van der Waals surface area contributed by atoms with E-state index in [0.717, 1.165) is 10.6 Å². The van der Waals surface area contributed by atoms with Crippen molar-refractivity contribution in [2.45, 2.75) is 6.42 Å². The van der Waals surface area contributed by atoms with Gasteiger partial charge < -0.3 is 19.5 Å². The largest absolute Gasteiger partial charge is 0.497 e. The van der Waals surface area contributed by atoms with Crippen molar-refractivity contribution in [1.82, 2.24) is 5.32 Å². The van der Waals surface area contributed by atoms with Crippen molar-refractivity contribution in [3.05, 3.63) is 18.2 Å². The van der Waals surface area contributed by atoms with Crippen LogP contribution in [0.5, 0.6) is 11.5 Å². The SMILES string of the molecule is COCCCNC(=O)CN(c1ccc(OC)cc1OC)S(C)(=O)=O. The number of nitrogens with zero attached hydrogens (tertiary/aromatic N) is 1. The second-order valence-corrected chi connectivity index (χ2v) is 6.91. The molecule has 8 nitrogen and oxygen atoms in total. The van der Waals surface area contributed by atoms with Gasteiger partial charge in [0.15, 0.2) is 0 Å². The third-order valence-corrected chi connectivity index (χ3v) is 4.32. The molecule has 0 heterocycles. The van der Waals surface area contributed by atoms with E-state index in [1.807, 2.05) is 0 Å². The van der Waals surface area contributed by atoms with Gasteiger partial charge in [-0.1, -0.05) is 0 Å². The van der Waals surface area contributed by atoms with E-state index in [9.17, 15) is 13.2 Å². The molecule has 9 heteroatoms. The Morgan fingerprint density at radius 3 is 2.46 bits per heavy atom. The predicted molar refractivity (Wildman–Crippen MR) is 91.2 cm³/mol. The lowest BCUT2D eigenvalue weighted by atomic mass is 10.2. The average Bonchev–Trinajstić information content (AvgIpc) is 2.55. The minimum atomic E-state index is -3.67. The number of carbonyl (C=O) groups excluding carboxylic acids is 1. The van der Waals surface area contributed by atoms with Crippen molar-refractivity contribution >= 4 is 21.6 Å². The molecule has 0 atom stereocenters. The first-order valence-electron chi connectivity index (χ1n) is 7.28. The number of benzene rings is 1.